The second-order valence-electron chi connectivity index (χ2n) is 7.61. The number of nitrogens with zero attached hydrogens (tertiary/aromatic N) is 5. The fourth-order valence-corrected chi connectivity index (χ4v) is 4.07. The monoisotopic (exact) mass is 396 g/mol. The molecule has 0 unspecified atom stereocenters. The highest BCUT2D eigenvalue weighted by Crippen LogP contribution is 2.23. The molecule has 0 aliphatic carbocycles. The summed E-state index contributed by atoms with van der Waals surface area (Å²) in [5, 5.41) is 2.92. The molecule has 0 spiro atoms. The molecule has 154 valence electrons. The predicted octanol–water partition coefficient (Wildman–Crippen LogP) is 1.32. The highest BCUT2D eigenvalue weighted by atomic mass is 16.2. The third-order valence-corrected chi connectivity index (χ3v) is 5.81. The van der Waals surface area contributed by atoms with Crippen molar-refractivity contribution >= 4 is 11.8 Å². The number of carbonyl (C=O) groups is 2. The minimum atomic E-state index is -0.244. The summed E-state index contributed by atoms with van der Waals surface area (Å²) in [5.41, 5.74) is 2.29. The van der Waals surface area contributed by atoms with E-state index in [9.17, 15) is 9.59 Å². The van der Waals surface area contributed by atoms with Crippen LogP contribution in [0.2, 0.25) is 0 Å². The van der Waals surface area contributed by atoms with Gasteiger partial charge in [0.1, 0.15) is 5.69 Å². The number of hydrogen-bond donors (Lipinski definition) is 1. The van der Waals surface area contributed by atoms with Gasteiger partial charge in [0, 0.05) is 51.7 Å². The molecule has 1 N–H and O–H groups in total. The van der Waals surface area contributed by atoms with E-state index >= 15 is 0 Å². The van der Waals surface area contributed by atoms with Gasteiger partial charge in [0.15, 0.2) is 5.82 Å². The van der Waals surface area contributed by atoms with E-state index in [2.05, 4.69) is 27.1 Å². The Bertz CT molecular complexity index is 871. The third kappa shape index (κ3) is 4.17. The van der Waals surface area contributed by atoms with Crippen molar-refractivity contribution in [3.8, 4) is 0 Å². The number of carbonyl (C=O) groups excluding carboxylic acids is 2. The van der Waals surface area contributed by atoms with Gasteiger partial charge in [-0.1, -0.05) is 13.0 Å². The molecule has 1 saturated heterocycles. The minimum absolute atomic E-state index is 0.0438. The lowest BCUT2D eigenvalue weighted by Gasteiger charge is -2.33. The Morgan fingerprint density at radius 3 is 2.69 bits per heavy atom. The van der Waals surface area contributed by atoms with Gasteiger partial charge in [-0.2, -0.15) is 0 Å². The van der Waals surface area contributed by atoms with Gasteiger partial charge in [0.05, 0.1) is 5.69 Å². The first-order valence-corrected chi connectivity index (χ1v) is 10.5. The Hall–Kier alpha value is -2.74. The first kappa shape index (κ1) is 19.6. The van der Waals surface area contributed by atoms with Crippen molar-refractivity contribution < 1.29 is 9.59 Å². The normalized spacial score (nSPS) is 17.1. The Morgan fingerprint density at radius 1 is 1.14 bits per heavy atom. The Kier molecular flexibility index (Phi) is 5.89. The summed E-state index contributed by atoms with van der Waals surface area (Å²) in [6.07, 6.45) is 6.24. The van der Waals surface area contributed by atoms with Crippen LogP contribution in [0.4, 0.5) is 0 Å². The van der Waals surface area contributed by atoms with Crippen LogP contribution in [0.1, 0.15) is 52.1 Å². The number of pyridine rings is 1. The van der Waals surface area contributed by atoms with Crippen molar-refractivity contribution in [2.45, 2.75) is 39.3 Å². The zero-order chi connectivity index (χ0) is 20.2. The van der Waals surface area contributed by atoms with Crippen LogP contribution in [0, 0.1) is 0 Å². The summed E-state index contributed by atoms with van der Waals surface area (Å²) >= 11 is 0. The molecule has 1 fully saturated rings. The van der Waals surface area contributed by atoms with Gasteiger partial charge < -0.3 is 19.7 Å². The summed E-state index contributed by atoms with van der Waals surface area (Å²) < 4.78 is 1.94. The molecule has 4 heterocycles. The van der Waals surface area contributed by atoms with E-state index in [0.717, 1.165) is 56.7 Å². The highest BCUT2D eigenvalue weighted by molar-refractivity contribution is 5.97. The molecule has 8 heteroatoms. The molecule has 2 aromatic rings. The number of nitrogens with one attached hydrogen (secondary N) is 1. The smallest absolute Gasteiger partial charge is 0.287 e. The Balaban J connectivity index is 1.52. The van der Waals surface area contributed by atoms with E-state index in [1.807, 2.05) is 21.6 Å². The lowest BCUT2D eigenvalue weighted by molar-refractivity contribution is 0.0636. The standard InChI is InChI=1S/C21H28N6O2/c1-2-25-10-12-26(13-11-25)21(29)18-17-7-3-4-9-27(17)19(24-18)20(28)23-15-16-6-5-8-22-14-16/h5-6,8,14H,2-4,7,9-13,15H2,1H3,(H,23,28). The zero-order valence-corrected chi connectivity index (χ0v) is 16.9. The third-order valence-electron chi connectivity index (χ3n) is 5.81. The number of imidazole rings is 1. The maximum Gasteiger partial charge on any atom is 0.287 e. The van der Waals surface area contributed by atoms with Gasteiger partial charge in [-0.05, 0) is 37.4 Å². The van der Waals surface area contributed by atoms with Crippen LogP contribution >= 0.6 is 0 Å². The number of hydrogen-bond acceptors (Lipinski definition) is 5. The molecule has 2 aliphatic heterocycles. The van der Waals surface area contributed by atoms with Crippen LogP contribution < -0.4 is 5.32 Å². The topological polar surface area (TPSA) is 83.4 Å². The molecule has 29 heavy (non-hydrogen) atoms. The fourth-order valence-electron chi connectivity index (χ4n) is 4.07. The van der Waals surface area contributed by atoms with E-state index in [1.54, 1.807) is 12.4 Å². The average Bonchev–Trinajstić information content (AvgIpc) is 3.17. The first-order chi connectivity index (χ1) is 14.2. The summed E-state index contributed by atoms with van der Waals surface area (Å²) in [6.45, 7) is 7.45. The molecule has 0 saturated carbocycles. The lowest BCUT2D eigenvalue weighted by Crippen LogP contribution is -2.48. The lowest BCUT2D eigenvalue weighted by atomic mass is 10.1. The second kappa shape index (κ2) is 8.73. The van der Waals surface area contributed by atoms with Gasteiger partial charge >= 0.3 is 0 Å². The van der Waals surface area contributed by atoms with E-state index in [4.69, 9.17) is 0 Å². The number of piperazine rings is 1. The second-order valence-corrected chi connectivity index (χ2v) is 7.61. The van der Waals surface area contributed by atoms with Gasteiger partial charge in [-0.15, -0.1) is 0 Å². The molecular formula is C21H28N6O2. The molecule has 8 nitrogen and oxygen atoms in total. The maximum absolute atomic E-state index is 13.2. The molecule has 2 amide bonds. The number of likely N-dealkylation sites (N-methyl/N-ethyl adjacent to an activating group) is 1. The summed E-state index contributed by atoms with van der Waals surface area (Å²) in [7, 11) is 0. The number of aromatic nitrogens is 3. The Morgan fingerprint density at radius 2 is 1.97 bits per heavy atom. The first-order valence-electron chi connectivity index (χ1n) is 10.5. The van der Waals surface area contributed by atoms with Crippen molar-refractivity contribution in [1.29, 1.82) is 0 Å². The SMILES string of the molecule is CCN1CCN(C(=O)c2nc(C(=O)NCc3cccnc3)n3c2CCCC3)CC1. The minimum Gasteiger partial charge on any atom is -0.345 e. The molecule has 2 aromatic heterocycles. The van der Waals surface area contributed by atoms with Crippen molar-refractivity contribution in [2.75, 3.05) is 32.7 Å². The van der Waals surface area contributed by atoms with Crippen LogP contribution in [0.3, 0.4) is 0 Å². The molecule has 0 aromatic carbocycles. The largest absolute Gasteiger partial charge is 0.345 e. The van der Waals surface area contributed by atoms with Gasteiger partial charge in [-0.3, -0.25) is 14.6 Å². The van der Waals surface area contributed by atoms with E-state index < -0.39 is 0 Å². The highest BCUT2D eigenvalue weighted by Gasteiger charge is 2.31. The summed E-state index contributed by atoms with van der Waals surface area (Å²) in [6, 6.07) is 3.76. The quantitative estimate of drug-likeness (QED) is 0.824. The maximum atomic E-state index is 13.2. The van der Waals surface area contributed by atoms with Crippen LogP contribution in [0.15, 0.2) is 24.5 Å². The molecule has 0 bridgehead atoms. The van der Waals surface area contributed by atoms with Crippen molar-refractivity contribution in [3.05, 3.63) is 47.3 Å². The Labute approximate surface area is 170 Å². The van der Waals surface area contributed by atoms with Gasteiger partial charge in [0.2, 0.25) is 0 Å². The fraction of sp³-hybridized carbons (Fsp3) is 0.524. The molecular weight excluding hydrogens is 368 g/mol. The van der Waals surface area contributed by atoms with E-state index in [1.165, 1.54) is 0 Å². The molecule has 0 atom stereocenters. The summed E-state index contributed by atoms with van der Waals surface area (Å²) in [5.74, 6) is 0.0590. The molecule has 2 aliphatic rings. The predicted molar refractivity (Wildman–Crippen MR) is 109 cm³/mol. The van der Waals surface area contributed by atoms with Gasteiger partial charge in [0.25, 0.3) is 11.8 Å². The van der Waals surface area contributed by atoms with Crippen molar-refractivity contribution in [2.24, 2.45) is 0 Å². The van der Waals surface area contributed by atoms with Gasteiger partial charge in [-0.25, -0.2) is 4.98 Å². The summed E-state index contributed by atoms with van der Waals surface area (Å²) in [4.78, 5) is 38.8. The van der Waals surface area contributed by atoms with Crippen LogP contribution in [0.25, 0.3) is 0 Å². The van der Waals surface area contributed by atoms with Crippen LogP contribution in [0.5, 0.6) is 0 Å². The average molecular weight is 396 g/mol. The van der Waals surface area contributed by atoms with Crippen molar-refractivity contribution in [3.63, 3.8) is 0 Å². The van der Waals surface area contributed by atoms with Crippen molar-refractivity contribution in [1.82, 2.24) is 29.7 Å². The van der Waals surface area contributed by atoms with Crippen LogP contribution in [-0.2, 0) is 19.5 Å². The van der Waals surface area contributed by atoms with E-state index in [-0.39, 0.29) is 11.8 Å². The molecule has 0 radical (unpaired) electrons. The number of amides is 2. The molecule has 4 rings (SSSR count). The zero-order valence-electron chi connectivity index (χ0n) is 16.9. The number of fused-ring (bicyclic) bond motifs is 1. The van der Waals surface area contributed by atoms with E-state index in [0.29, 0.717) is 31.2 Å². The number of rotatable bonds is 5. The van der Waals surface area contributed by atoms with Crippen LogP contribution in [-0.4, -0.2) is 68.9 Å².